The number of carbonyl (C=O) groups excluding carboxylic acids is 2. The second-order valence-corrected chi connectivity index (χ2v) is 8.99. The first-order valence-corrected chi connectivity index (χ1v) is 12.3. The van der Waals surface area contributed by atoms with E-state index in [1.54, 1.807) is 51.1 Å². The first-order valence-electron chi connectivity index (χ1n) is 11.4. The van der Waals surface area contributed by atoms with Crippen LogP contribution >= 0.6 is 11.3 Å². The summed E-state index contributed by atoms with van der Waals surface area (Å²) in [6, 6.07) is 7.71. The number of aryl methyl sites for hydroxylation is 1. The Labute approximate surface area is 210 Å². The number of esters is 2. The largest absolute Gasteiger partial charge is 0.490 e. The van der Waals surface area contributed by atoms with Crippen LogP contribution in [0.25, 0.3) is 6.08 Å². The van der Waals surface area contributed by atoms with Crippen molar-refractivity contribution in [2.75, 3.05) is 13.2 Å². The quantitative estimate of drug-likeness (QED) is 0.355. The Bertz CT molecular complexity index is 1540. The minimum Gasteiger partial charge on any atom is -0.490 e. The summed E-state index contributed by atoms with van der Waals surface area (Å²) in [6.45, 7) is 8.84. The van der Waals surface area contributed by atoms with Gasteiger partial charge in [0.05, 0.1) is 35.1 Å². The SMILES string of the molecule is CCOC(=O)C1=C(C)N=c2s/c(=C\c3ccc(C)o3)c(=O)n2[C@H]1c1ccc(OC(C)=O)c(OCC)c1. The number of fused-ring (bicyclic) bond motifs is 1. The molecule has 3 heterocycles. The monoisotopic (exact) mass is 510 g/mol. The van der Waals surface area contributed by atoms with Crippen LogP contribution in [0, 0.1) is 6.92 Å². The van der Waals surface area contributed by atoms with Gasteiger partial charge in [-0.15, -0.1) is 0 Å². The molecule has 0 unspecified atom stereocenters. The number of carbonyl (C=O) groups is 2. The van der Waals surface area contributed by atoms with Crippen molar-refractivity contribution in [2.24, 2.45) is 4.99 Å². The number of ether oxygens (including phenoxy) is 3. The molecule has 0 saturated carbocycles. The molecule has 0 N–H and O–H groups in total. The lowest BCUT2D eigenvalue weighted by atomic mass is 9.95. The predicted molar refractivity (Wildman–Crippen MR) is 133 cm³/mol. The van der Waals surface area contributed by atoms with Crippen molar-refractivity contribution in [1.29, 1.82) is 0 Å². The van der Waals surface area contributed by atoms with Gasteiger partial charge in [0.1, 0.15) is 11.5 Å². The number of allylic oxidation sites excluding steroid dienone is 1. The Morgan fingerprint density at radius 1 is 1.14 bits per heavy atom. The van der Waals surface area contributed by atoms with Gasteiger partial charge < -0.3 is 18.6 Å². The molecule has 0 spiro atoms. The van der Waals surface area contributed by atoms with Gasteiger partial charge in [-0.3, -0.25) is 14.2 Å². The molecule has 0 radical (unpaired) electrons. The van der Waals surface area contributed by atoms with E-state index in [0.29, 0.717) is 38.7 Å². The smallest absolute Gasteiger partial charge is 0.338 e. The fourth-order valence-corrected chi connectivity index (χ4v) is 5.00. The summed E-state index contributed by atoms with van der Waals surface area (Å²) in [6.07, 6.45) is 1.66. The van der Waals surface area contributed by atoms with Gasteiger partial charge in [-0.1, -0.05) is 17.4 Å². The number of thiazole rings is 1. The Balaban J connectivity index is 1.95. The third kappa shape index (κ3) is 4.90. The summed E-state index contributed by atoms with van der Waals surface area (Å²) < 4.78 is 23.8. The standard InChI is InChI=1S/C26H26N2O7S/c1-6-32-20-12-17(9-11-19(20)35-16(5)29)23-22(25(31)33-7-2)15(4)27-26-28(23)24(30)21(36-26)13-18-10-8-14(3)34-18/h8-13,23H,6-7H2,1-5H3/b21-13-/t23-/m0/s1. The molecule has 1 aliphatic heterocycles. The second kappa shape index (κ2) is 10.4. The second-order valence-electron chi connectivity index (χ2n) is 7.98. The first-order chi connectivity index (χ1) is 17.2. The van der Waals surface area contributed by atoms with Gasteiger partial charge >= 0.3 is 11.9 Å². The molecule has 3 aromatic rings. The summed E-state index contributed by atoms with van der Waals surface area (Å²) in [4.78, 5) is 43.2. The number of aromatic nitrogens is 1. The summed E-state index contributed by atoms with van der Waals surface area (Å²) in [5.41, 5.74) is 0.941. The lowest BCUT2D eigenvalue weighted by Crippen LogP contribution is -2.40. The van der Waals surface area contributed by atoms with Crippen molar-refractivity contribution in [2.45, 2.75) is 40.7 Å². The van der Waals surface area contributed by atoms with E-state index in [-0.39, 0.29) is 23.5 Å². The maximum Gasteiger partial charge on any atom is 0.338 e. The lowest BCUT2D eigenvalue weighted by Gasteiger charge is -2.25. The normalized spacial score (nSPS) is 15.4. The van der Waals surface area contributed by atoms with Gasteiger partial charge in [0.2, 0.25) is 0 Å². The Morgan fingerprint density at radius 3 is 2.56 bits per heavy atom. The average molecular weight is 511 g/mol. The van der Waals surface area contributed by atoms with Crippen LogP contribution in [0.15, 0.2) is 55.8 Å². The molecule has 10 heteroatoms. The van der Waals surface area contributed by atoms with Crippen molar-refractivity contribution in [1.82, 2.24) is 4.57 Å². The lowest BCUT2D eigenvalue weighted by molar-refractivity contribution is -0.139. The third-order valence-electron chi connectivity index (χ3n) is 5.39. The summed E-state index contributed by atoms with van der Waals surface area (Å²) >= 11 is 1.20. The Morgan fingerprint density at radius 2 is 1.92 bits per heavy atom. The topological polar surface area (TPSA) is 109 Å². The molecular weight excluding hydrogens is 484 g/mol. The van der Waals surface area contributed by atoms with Crippen molar-refractivity contribution >= 4 is 29.4 Å². The van der Waals surface area contributed by atoms with E-state index in [4.69, 9.17) is 18.6 Å². The number of nitrogens with zero attached hydrogens (tertiary/aromatic N) is 2. The fourth-order valence-electron chi connectivity index (χ4n) is 3.97. The molecule has 0 aliphatic carbocycles. The molecule has 188 valence electrons. The highest BCUT2D eigenvalue weighted by molar-refractivity contribution is 7.07. The fraction of sp³-hybridized carbons (Fsp3) is 0.308. The van der Waals surface area contributed by atoms with Crippen LogP contribution in [-0.2, 0) is 14.3 Å². The van der Waals surface area contributed by atoms with E-state index in [0.717, 1.165) is 5.76 Å². The number of benzene rings is 1. The van der Waals surface area contributed by atoms with Crippen molar-refractivity contribution in [3.8, 4) is 11.5 Å². The molecule has 36 heavy (non-hydrogen) atoms. The molecule has 0 fully saturated rings. The highest BCUT2D eigenvalue weighted by Gasteiger charge is 2.34. The van der Waals surface area contributed by atoms with E-state index in [2.05, 4.69) is 4.99 Å². The van der Waals surface area contributed by atoms with Gasteiger partial charge in [0, 0.05) is 13.0 Å². The zero-order valence-electron chi connectivity index (χ0n) is 20.6. The summed E-state index contributed by atoms with van der Waals surface area (Å²) in [5, 5.41) is 0. The van der Waals surface area contributed by atoms with E-state index >= 15 is 0 Å². The first kappa shape index (κ1) is 25.2. The summed E-state index contributed by atoms with van der Waals surface area (Å²) in [5.74, 6) is 0.765. The molecule has 1 aliphatic rings. The zero-order chi connectivity index (χ0) is 26.0. The van der Waals surface area contributed by atoms with Crippen LogP contribution in [0.4, 0.5) is 0 Å². The van der Waals surface area contributed by atoms with Gasteiger partial charge in [0.15, 0.2) is 16.3 Å². The molecule has 0 saturated heterocycles. The molecule has 1 aromatic carbocycles. The van der Waals surface area contributed by atoms with E-state index in [9.17, 15) is 14.4 Å². The van der Waals surface area contributed by atoms with Crippen LogP contribution in [0.5, 0.6) is 11.5 Å². The molecule has 1 atom stereocenters. The minimum atomic E-state index is -0.827. The number of rotatable bonds is 7. The highest BCUT2D eigenvalue weighted by atomic mass is 32.1. The summed E-state index contributed by atoms with van der Waals surface area (Å²) in [7, 11) is 0. The maximum absolute atomic E-state index is 13.6. The van der Waals surface area contributed by atoms with Gasteiger partial charge in [-0.05, 0) is 57.5 Å². The van der Waals surface area contributed by atoms with Crippen molar-refractivity contribution in [3.63, 3.8) is 0 Å². The van der Waals surface area contributed by atoms with Crippen molar-refractivity contribution in [3.05, 3.63) is 78.4 Å². The number of furan rings is 1. The Hall–Kier alpha value is -3.92. The van der Waals surface area contributed by atoms with Crippen LogP contribution in [0.1, 0.15) is 50.8 Å². The number of hydrogen-bond donors (Lipinski definition) is 0. The number of hydrogen-bond acceptors (Lipinski definition) is 9. The predicted octanol–water partition coefficient (Wildman–Crippen LogP) is 3.02. The van der Waals surface area contributed by atoms with E-state index in [1.807, 2.05) is 13.0 Å². The molecule has 2 aromatic heterocycles. The third-order valence-corrected chi connectivity index (χ3v) is 6.37. The maximum atomic E-state index is 13.6. The molecule has 0 bridgehead atoms. The van der Waals surface area contributed by atoms with Crippen LogP contribution in [0.3, 0.4) is 0 Å². The molecule has 0 amide bonds. The van der Waals surface area contributed by atoms with Crippen molar-refractivity contribution < 1.29 is 28.2 Å². The van der Waals surface area contributed by atoms with Crippen LogP contribution < -0.4 is 24.4 Å². The molecule has 4 rings (SSSR count). The highest BCUT2D eigenvalue weighted by Crippen LogP contribution is 2.36. The zero-order valence-corrected chi connectivity index (χ0v) is 21.4. The molecular formula is C26H26N2O7S. The average Bonchev–Trinajstić information content (AvgIpc) is 3.36. The van der Waals surface area contributed by atoms with Crippen LogP contribution in [0.2, 0.25) is 0 Å². The van der Waals surface area contributed by atoms with Gasteiger partial charge in [-0.2, -0.15) is 0 Å². The van der Waals surface area contributed by atoms with Gasteiger partial charge in [-0.25, -0.2) is 9.79 Å². The molecule has 9 nitrogen and oxygen atoms in total. The van der Waals surface area contributed by atoms with E-state index < -0.39 is 18.0 Å². The van der Waals surface area contributed by atoms with Gasteiger partial charge in [0.25, 0.3) is 5.56 Å². The van der Waals surface area contributed by atoms with E-state index in [1.165, 1.54) is 22.8 Å². The minimum absolute atomic E-state index is 0.167. The van der Waals surface area contributed by atoms with Crippen LogP contribution in [-0.4, -0.2) is 29.7 Å². The Kier molecular flexibility index (Phi) is 7.25.